The lowest BCUT2D eigenvalue weighted by atomic mass is 10.1. The summed E-state index contributed by atoms with van der Waals surface area (Å²) < 4.78 is 0. The molecule has 9 nitrogen and oxygen atoms in total. The highest BCUT2D eigenvalue weighted by Crippen LogP contribution is 2.18. The van der Waals surface area contributed by atoms with Gasteiger partial charge in [-0.25, -0.2) is 10.9 Å². The number of hydrogen-bond donors (Lipinski definition) is 2. The van der Waals surface area contributed by atoms with Crippen LogP contribution in [0.4, 0.5) is 5.69 Å². The number of nitrogens with one attached hydrogen (secondary N) is 2. The zero-order valence-electron chi connectivity index (χ0n) is 16.7. The van der Waals surface area contributed by atoms with Gasteiger partial charge in [0.2, 0.25) is 0 Å². The Labute approximate surface area is 197 Å². The monoisotopic (exact) mass is 483 g/mol. The quantitative estimate of drug-likeness (QED) is 0.292. The topological polar surface area (TPSA) is 126 Å². The highest BCUT2D eigenvalue weighted by molar-refractivity contribution is 6.30. The summed E-state index contributed by atoms with van der Waals surface area (Å²) in [5.74, 6) is -1.47. The molecule has 0 fully saturated rings. The third-order valence-corrected chi connectivity index (χ3v) is 4.66. The Morgan fingerprint density at radius 3 is 1.52 bits per heavy atom. The fourth-order valence-corrected chi connectivity index (χ4v) is 2.79. The lowest BCUT2D eigenvalue weighted by Crippen LogP contribution is -2.21. The molecule has 0 aliphatic heterocycles. The summed E-state index contributed by atoms with van der Waals surface area (Å²) in [6.07, 6.45) is 2.76. The van der Waals surface area contributed by atoms with E-state index in [4.69, 9.17) is 23.2 Å². The van der Waals surface area contributed by atoms with Crippen LogP contribution in [-0.4, -0.2) is 29.2 Å². The molecule has 33 heavy (non-hydrogen) atoms. The van der Waals surface area contributed by atoms with Crippen LogP contribution in [0.2, 0.25) is 10.0 Å². The summed E-state index contributed by atoms with van der Waals surface area (Å²) in [4.78, 5) is 35.4. The van der Waals surface area contributed by atoms with Gasteiger partial charge < -0.3 is 0 Å². The van der Waals surface area contributed by atoms with E-state index in [1.165, 1.54) is 18.5 Å². The van der Waals surface area contributed by atoms with Gasteiger partial charge in [0.15, 0.2) is 0 Å². The number of benzene rings is 3. The number of rotatable bonds is 7. The van der Waals surface area contributed by atoms with Gasteiger partial charge in [-0.05, 0) is 41.5 Å². The normalized spacial score (nSPS) is 11.0. The van der Waals surface area contributed by atoms with Gasteiger partial charge in [0, 0.05) is 33.3 Å². The summed E-state index contributed by atoms with van der Waals surface area (Å²) in [7, 11) is 0. The summed E-state index contributed by atoms with van der Waals surface area (Å²) in [6, 6.07) is 16.7. The molecular weight excluding hydrogens is 469 g/mol. The molecule has 0 heterocycles. The highest BCUT2D eigenvalue weighted by atomic mass is 35.5. The van der Waals surface area contributed by atoms with Gasteiger partial charge in [0.05, 0.1) is 17.4 Å². The summed E-state index contributed by atoms with van der Waals surface area (Å²) >= 11 is 11.6. The molecule has 0 aromatic heterocycles. The second kappa shape index (κ2) is 11.0. The van der Waals surface area contributed by atoms with Crippen molar-refractivity contribution in [2.45, 2.75) is 0 Å². The number of nitro groups is 1. The molecule has 0 saturated heterocycles. The fourth-order valence-electron chi connectivity index (χ4n) is 2.54. The molecule has 0 bridgehead atoms. The maximum Gasteiger partial charge on any atom is 0.271 e. The Bertz CT molecular complexity index is 1150. The van der Waals surface area contributed by atoms with Crippen molar-refractivity contribution in [1.82, 2.24) is 10.9 Å². The van der Waals surface area contributed by atoms with Gasteiger partial charge in [-0.1, -0.05) is 47.5 Å². The number of hydrogen-bond acceptors (Lipinski definition) is 6. The molecule has 0 spiro atoms. The van der Waals surface area contributed by atoms with Crippen molar-refractivity contribution in [3.8, 4) is 0 Å². The predicted molar refractivity (Wildman–Crippen MR) is 126 cm³/mol. The fraction of sp³-hybridized carbons (Fsp3) is 0. The summed E-state index contributed by atoms with van der Waals surface area (Å²) in [5.41, 5.74) is 5.21. The minimum atomic E-state index is -0.734. The molecule has 0 radical (unpaired) electrons. The maximum atomic E-state index is 12.4. The van der Waals surface area contributed by atoms with Crippen LogP contribution in [-0.2, 0) is 0 Å². The largest absolute Gasteiger partial charge is 0.271 e. The molecule has 0 saturated carbocycles. The number of nitro benzene ring substituents is 1. The Balaban J connectivity index is 1.73. The second-order valence-corrected chi connectivity index (χ2v) is 7.40. The molecule has 0 aliphatic rings. The smallest absolute Gasteiger partial charge is 0.267 e. The first-order chi connectivity index (χ1) is 15.8. The van der Waals surface area contributed by atoms with Crippen molar-refractivity contribution < 1.29 is 14.5 Å². The first-order valence-corrected chi connectivity index (χ1v) is 10.0. The molecule has 0 aliphatic carbocycles. The van der Waals surface area contributed by atoms with E-state index >= 15 is 0 Å². The predicted octanol–water partition coefficient (Wildman–Crippen LogP) is 4.43. The summed E-state index contributed by atoms with van der Waals surface area (Å²) in [5, 5.41) is 20.0. The molecule has 3 aromatic carbocycles. The van der Waals surface area contributed by atoms with Crippen molar-refractivity contribution in [1.29, 1.82) is 0 Å². The molecule has 11 heteroatoms. The molecule has 3 rings (SSSR count). The van der Waals surface area contributed by atoms with E-state index in [1.54, 1.807) is 48.5 Å². The lowest BCUT2D eigenvalue weighted by molar-refractivity contribution is -0.384. The molecular formula is C22H15Cl2N5O4. The van der Waals surface area contributed by atoms with Crippen LogP contribution in [0, 0.1) is 10.1 Å². The van der Waals surface area contributed by atoms with Gasteiger partial charge >= 0.3 is 0 Å². The number of non-ortho nitro benzene ring substituents is 1. The Hall–Kier alpha value is -4.08. The van der Waals surface area contributed by atoms with Crippen LogP contribution < -0.4 is 10.9 Å². The van der Waals surface area contributed by atoms with Gasteiger partial charge in [0.25, 0.3) is 17.5 Å². The van der Waals surface area contributed by atoms with E-state index < -0.39 is 22.4 Å². The number of nitrogens with zero attached hydrogens (tertiary/aromatic N) is 3. The summed E-state index contributed by atoms with van der Waals surface area (Å²) in [6.45, 7) is 0. The standard InChI is InChI=1S/C22H15Cl2N5O4/c23-18-5-1-14(2-6-18)12-25-27-21(30)16-9-17(11-20(10-16)29(32)33)22(31)28-26-13-15-3-7-19(24)8-4-15/h1-13H,(H,27,30)(H,28,31)/b25-12-,26-13+. The minimum Gasteiger partial charge on any atom is -0.267 e. The van der Waals surface area contributed by atoms with Crippen LogP contribution in [0.15, 0.2) is 76.9 Å². The van der Waals surface area contributed by atoms with Crippen molar-refractivity contribution in [2.75, 3.05) is 0 Å². The highest BCUT2D eigenvalue weighted by Gasteiger charge is 2.17. The van der Waals surface area contributed by atoms with Crippen LogP contribution in [0.5, 0.6) is 0 Å². The number of hydrazone groups is 2. The van der Waals surface area contributed by atoms with E-state index in [9.17, 15) is 19.7 Å². The zero-order chi connectivity index (χ0) is 23.8. The van der Waals surface area contributed by atoms with E-state index in [0.717, 1.165) is 12.1 Å². The SMILES string of the molecule is O=C(N/N=C\c1ccc(Cl)cc1)c1cc(C(=O)N/N=C/c2ccc(Cl)cc2)cc([N+](=O)[O-])c1. The first kappa shape index (κ1) is 23.6. The van der Waals surface area contributed by atoms with Crippen LogP contribution in [0.3, 0.4) is 0 Å². The van der Waals surface area contributed by atoms with Crippen molar-refractivity contribution in [3.05, 3.63) is 109 Å². The lowest BCUT2D eigenvalue weighted by Gasteiger charge is -2.05. The average Bonchev–Trinajstić information content (AvgIpc) is 2.81. The minimum absolute atomic E-state index is 0.121. The van der Waals surface area contributed by atoms with Gasteiger partial charge in [-0.3, -0.25) is 19.7 Å². The molecule has 0 unspecified atom stereocenters. The molecule has 2 amide bonds. The molecule has 0 atom stereocenters. The van der Waals surface area contributed by atoms with E-state index in [2.05, 4.69) is 21.1 Å². The zero-order valence-corrected chi connectivity index (χ0v) is 18.2. The van der Waals surface area contributed by atoms with Gasteiger partial charge in [0.1, 0.15) is 0 Å². The van der Waals surface area contributed by atoms with Crippen molar-refractivity contribution in [3.63, 3.8) is 0 Å². The van der Waals surface area contributed by atoms with Crippen LogP contribution >= 0.6 is 23.2 Å². The number of amides is 2. The third-order valence-electron chi connectivity index (χ3n) is 4.15. The third kappa shape index (κ3) is 6.96. The van der Waals surface area contributed by atoms with Crippen molar-refractivity contribution in [2.24, 2.45) is 10.2 Å². The molecule has 166 valence electrons. The van der Waals surface area contributed by atoms with Gasteiger partial charge in [-0.15, -0.1) is 0 Å². The second-order valence-electron chi connectivity index (χ2n) is 6.53. The van der Waals surface area contributed by atoms with Crippen LogP contribution in [0.25, 0.3) is 0 Å². The first-order valence-electron chi connectivity index (χ1n) is 9.29. The average molecular weight is 484 g/mol. The van der Waals surface area contributed by atoms with E-state index in [-0.39, 0.29) is 11.1 Å². The van der Waals surface area contributed by atoms with Gasteiger partial charge in [-0.2, -0.15) is 10.2 Å². The molecule has 2 N–H and O–H groups in total. The Kier molecular flexibility index (Phi) is 7.85. The van der Waals surface area contributed by atoms with E-state index in [0.29, 0.717) is 21.2 Å². The number of halogens is 2. The Morgan fingerprint density at radius 2 is 1.15 bits per heavy atom. The Morgan fingerprint density at radius 1 is 0.758 bits per heavy atom. The number of carbonyl (C=O) groups excluding carboxylic acids is 2. The van der Waals surface area contributed by atoms with Crippen molar-refractivity contribution >= 4 is 53.1 Å². The maximum absolute atomic E-state index is 12.4. The van der Waals surface area contributed by atoms with E-state index in [1.807, 2.05) is 0 Å². The van der Waals surface area contributed by atoms with Crippen LogP contribution in [0.1, 0.15) is 31.8 Å². The number of carbonyl (C=O) groups is 2. The molecule has 3 aromatic rings.